The molecule has 1 fully saturated rings. The van der Waals surface area contributed by atoms with Crippen molar-refractivity contribution in [1.82, 2.24) is 9.96 Å². The van der Waals surface area contributed by atoms with Gasteiger partial charge >= 0.3 is 35.6 Å². The van der Waals surface area contributed by atoms with Crippen LogP contribution in [0.4, 0.5) is 4.79 Å². The molecule has 2 rings (SSSR count). The summed E-state index contributed by atoms with van der Waals surface area (Å²) in [4.78, 5) is 24.2. The largest absolute Gasteiger partial charge is 1.00 e. The molecule has 20 heavy (non-hydrogen) atoms. The molecule has 3 N–H and O–H groups in total. The SMILES string of the molecule is NC(=O)C1=C[C@@H](CO)N2C[C@H]1N(OS(=O)(=O)[O-])C2=O.[Na+]. The molecule has 2 bridgehead atoms. The Morgan fingerprint density at radius 3 is 2.65 bits per heavy atom. The third-order valence-electron chi connectivity index (χ3n) is 2.86. The molecule has 0 aliphatic carbocycles. The Hall–Kier alpha value is -0.690. The number of nitrogens with zero attached hydrogens (tertiary/aromatic N) is 2. The van der Waals surface area contributed by atoms with Crippen molar-refractivity contribution in [1.29, 1.82) is 0 Å². The van der Waals surface area contributed by atoms with Gasteiger partial charge in [-0.25, -0.2) is 13.2 Å². The number of hydroxylamine groups is 2. The summed E-state index contributed by atoms with van der Waals surface area (Å²) in [6, 6.07) is -2.85. The molecule has 0 aromatic carbocycles. The topological polar surface area (TPSA) is 153 Å². The molecule has 0 aromatic rings. The molecule has 12 heteroatoms. The molecule has 2 aliphatic rings. The van der Waals surface area contributed by atoms with E-state index in [0.29, 0.717) is 0 Å². The quantitative estimate of drug-likeness (QED) is 0.298. The van der Waals surface area contributed by atoms with Gasteiger partial charge in [0.2, 0.25) is 16.3 Å². The fourth-order valence-electron chi connectivity index (χ4n) is 2.09. The van der Waals surface area contributed by atoms with Crippen molar-refractivity contribution in [2.45, 2.75) is 12.1 Å². The van der Waals surface area contributed by atoms with Gasteiger partial charge in [0.05, 0.1) is 19.2 Å². The number of hydrogen-bond donors (Lipinski definition) is 2. The molecule has 3 amide bonds. The van der Waals surface area contributed by atoms with E-state index in [4.69, 9.17) is 10.8 Å². The third-order valence-corrected chi connectivity index (χ3v) is 3.20. The Bertz CT molecular complexity index is 562. The molecule has 0 spiro atoms. The number of urea groups is 1. The van der Waals surface area contributed by atoms with E-state index in [1.807, 2.05) is 0 Å². The first-order valence-electron chi connectivity index (χ1n) is 5.12. The summed E-state index contributed by atoms with van der Waals surface area (Å²) in [5, 5.41) is 9.40. The minimum absolute atomic E-state index is 0. The smallest absolute Gasteiger partial charge is 0.724 e. The normalized spacial score (nSPS) is 25.3. The molecule has 2 aliphatic heterocycles. The van der Waals surface area contributed by atoms with E-state index >= 15 is 0 Å². The first-order valence-corrected chi connectivity index (χ1v) is 6.45. The van der Waals surface area contributed by atoms with Gasteiger partial charge in [0.15, 0.2) is 0 Å². The van der Waals surface area contributed by atoms with Gasteiger partial charge in [-0.1, -0.05) is 0 Å². The number of aliphatic hydroxyl groups excluding tert-OH is 1. The minimum atomic E-state index is -5.17. The minimum Gasteiger partial charge on any atom is -0.724 e. The maximum Gasteiger partial charge on any atom is 1.00 e. The van der Waals surface area contributed by atoms with E-state index < -0.39 is 41.0 Å². The van der Waals surface area contributed by atoms with Crippen LogP contribution in [0.2, 0.25) is 0 Å². The van der Waals surface area contributed by atoms with Crippen molar-refractivity contribution in [3.8, 4) is 0 Å². The second kappa shape index (κ2) is 5.97. The van der Waals surface area contributed by atoms with Crippen molar-refractivity contribution in [3.63, 3.8) is 0 Å². The van der Waals surface area contributed by atoms with Crippen LogP contribution in [0.15, 0.2) is 11.6 Å². The Morgan fingerprint density at radius 1 is 1.60 bits per heavy atom. The maximum absolute atomic E-state index is 11.8. The van der Waals surface area contributed by atoms with Gasteiger partial charge in [-0.15, -0.1) is 0 Å². The Labute approximate surface area is 136 Å². The molecule has 0 unspecified atom stereocenters. The Morgan fingerprint density at radius 2 is 2.20 bits per heavy atom. The van der Waals surface area contributed by atoms with Gasteiger partial charge in [-0.05, 0) is 6.08 Å². The van der Waals surface area contributed by atoms with Crippen LogP contribution in [-0.4, -0.2) is 65.2 Å². The van der Waals surface area contributed by atoms with E-state index in [-0.39, 0.29) is 46.7 Å². The zero-order valence-corrected chi connectivity index (χ0v) is 13.2. The van der Waals surface area contributed by atoms with Gasteiger partial charge in [0.1, 0.15) is 6.04 Å². The molecular weight excluding hydrogens is 305 g/mol. The van der Waals surface area contributed by atoms with Crippen molar-refractivity contribution >= 4 is 22.3 Å². The number of amides is 3. The summed E-state index contributed by atoms with van der Waals surface area (Å²) in [6.45, 7) is -0.582. The zero-order chi connectivity index (χ0) is 14.4. The molecule has 0 saturated carbocycles. The first kappa shape index (κ1) is 17.4. The molecule has 2 heterocycles. The van der Waals surface area contributed by atoms with E-state index in [0.717, 1.165) is 4.90 Å². The summed E-state index contributed by atoms with van der Waals surface area (Å²) in [6.07, 6.45) is 1.25. The summed E-state index contributed by atoms with van der Waals surface area (Å²) < 4.78 is 35.7. The molecule has 1 saturated heterocycles. The van der Waals surface area contributed by atoms with E-state index in [1.165, 1.54) is 6.08 Å². The Balaban J connectivity index is 0.00000200. The summed E-state index contributed by atoms with van der Waals surface area (Å²) in [5.41, 5.74) is 5.02. The van der Waals surface area contributed by atoms with Crippen LogP contribution in [0.1, 0.15) is 0 Å². The number of aliphatic hydroxyl groups is 1. The first-order chi connectivity index (χ1) is 8.74. The fourth-order valence-corrected chi connectivity index (χ4v) is 2.45. The van der Waals surface area contributed by atoms with Crippen LogP contribution < -0.4 is 35.3 Å². The van der Waals surface area contributed by atoms with Gasteiger partial charge in [0, 0.05) is 5.57 Å². The third kappa shape index (κ3) is 3.14. The predicted octanol–water partition coefficient (Wildman–Crippen LogP) is -5.73. The average Bonchev–Trinajstić information content (AvgIpc) is 2.54. The van der Waals surface area contributed by atoms with E-state index in [2.05, 4.69) is 4.28 Å². The molecule has 10 nitrogen and oxygen atoms in total. The predicted molar refractivity (Wildman–Crippen MR) is 56.7 cm³/mol. The Kier molecular flexibility index (Phi) is 5.18. The van der Waals surface area contributed by atoms with E-state index in [9.17, 15) is 22.6 Å². The molecular formula is C8H10N3NaO7S. The van der Waals surface area contributed by atoms with Gasteiger partial charge in [-0.3, -0.25) is 4.79 Å². The standard InChI is InChI=1S/C8H11N3O7S.Na/c9-7(13)5-1-4(3-12)10-2-6(5)11(8(10)14)18-19(15,16)17;/h1,4,6,12H,2-3H2,(H2,9,13)(H,15,16,17);/q;+1/p-1/t4-,6+;/m0./s1. The molecule has 2 atom stereocenters. The number of carbonyl (C=O) groups is 2. The average molecular weight is 315 g/mol. The molecule has 106 valence electrons. The van der Waals surface area contributed by atoms with Crippen LogP contribution in [-0.2, 0) is 19.5 Å². The summed E-state index contributed by atoms with van der Waals surface area (Å²) in [7, 11) is -5.17. The molecule has 0 radical (unpaired) electrons. The number of nitrogens with two attached hydrogens (primary N) is 1. The van der Waals surface area contributed by atoms with Gasteiger partial charge in [-0.2, -0.15) is 9.35 Å². The maximum atomic E-state index is 11.8. The number of primary amides is 1. The van der Waals surface area contributed by atoms with Crippen molar-refractivity contribution in [3.05, 3.63) is 11.6 Å². The van der Waals surface area contributed by atoms with Crippen LogP contribution in [0.5, 0.6) is 0 Å². The monoisotopic (exact) mass is 315 g/mol. The van der Waals surface area contributed by atoms with Crippen LogP contribution >= 0.6 is 0 Å². The van der Waals surface area contributed by atoms with Crippen LogP contribution in [0, 0.1) is 0 Å². The summed E-state index contributed by atoms with van der Waals surface area (Å²) >= 11 is 0. The van der Waals surface area contributed by atoms with Gasteiger partial charge in [0.25, 0.3) is 0 Å². The van der Waals surface area contributed by atoms with Gasteiger partial charge < -0.3 is 20.3 Å². The van der Waals surface area contributed by atoms with Crippen molar-refractivity contribution in [2.75, 3.05) is 13.2 Å². The number of rotatable bonds is 4. The van der Waals surface area contributed by atoms with Crippen LogP contribution in [0.25, 0.3) is 0 Å². The number of carbonyl (C=O) groups excluding carboxylic acids is 2. The van der Waals surface area contributed by atoms with E-state index in [1.54, 1.807) is 0 Å². The second-order valence-electron chi connectivity index (χ2n) is 4.00. The fraction of sp³-hybridized carbons (Fsp3) is 0.500. The molecule has 0 aromatic heterocycles. The van der Waals surface area contributed by atoms with Crippen molar-refractivity contribution in [2.24, 2.45) is 5.73 Å². The van der Waals surface area contributed by atoms with Crippen molar-refractivity contribution < 1.29 is 61.5 Å². The summed E-state index contributed by atoms with van der Waals surface area (Å²) in [5.74, 6) is -0.894. The zero-order valence-electron chi connectivity index (χ0n) is 10.4. The van der Waals surface area contributed by atoms with Crippen LogP contribution in [0.3, 0.4) is 0 Å². The number of fused-ring (bicyclic) bond motifs is 2. The number of hydrogen-bond acceptors (Lipinski definition) is 7. The second-order valence-corrected chi connectivity index (χ2v) is 4.96.